The number of hydrogen-bond donors (Lipinski definition) is 0. The Balaban J connectivity index is 2.84. The maximum Gasteiger partial charge on any atom is 0.148 e. The predicted octanol–water partition coefficient (Wildman–Crippen LogP) is 1.13. The molecule has 0 aliphatic rings. The molecule has 1 aromatic rings. The van der Waals surface area contributed by atoms with E-state index in [2.05, 4.69) is 6.07 Å². The molecule has 0 spiro atoms. The summed E-state index contributed by atoms with van der Waals surface area (Å²) in [5.74, 6) is 0. The van der Waals surface area contributed by atoms with Crippen LogP contribution < -0.4 is 5.46 Å². The number of rotatable bonds is 2. The zero-order valence-electron chi connectivity index (χ0n) is 6.54. The topological polar surface area (TPSA) is 23.8 Å². The highest BCUT2D eigenvalue weighted by Crippen LogP contribution is 1.96. The molecule has 0 saturated carbocycles. The van der Waals surface area contributed by atoms with E-state index in [4.69, 9.17) is 5.26 Å². The largest absolute Gasteiger partial charge is 0.198 e. The average Bonchev–Trinajstić information content (AvgIpc) is 2.06. The highest BCUT2D eigenvalue weighted by atomic mass is 14.2. The molecule has 0 heterocycles. The molecular weight excluding hydrogens is 133 g/mol. The summed E-state index contributed by atoms with van der Waals surface area (Å²) in [4.78, 5) is 0. The lowest BCUT2D eigenvalue weighted by atomic mass is 9.73. The summed E-state index contributed by atoms with van der Waals surface area (Å²) < 4.78 is 0. The first-order valence-electron chi connectivity index (χ1n) is 3.62. The van der Waals surface area contributed by atoms with Crippen LogP contribution in [-0.4, -0.2) is 7.28 Å². The fraction of sp³-hybridized carbons (Fsp3) is 0.222. The standard InChI is InChI=1S/C9H9BN/c1-10-9-4-2-3-8(7-9)5-6-11/h2-4,7H,5H2,1H3. The van der Waals surface area contributed by atoms with E-state index in [1.807, 2.05) is 38.4 Å². The Labute approximate surface area is 67.9 Å². The Morgan fingerprint density at radius 1 is 1.55 bits per heavy atom. The summed E-state index contributed by atoms with van der Waals surface area (Å²) in [7, 11) is 2.03. The summed E-state index contributed by atoms with van der Waals surface area (Å²) in [6, 6.07) is 10.1. The van der Waals surface area contributed by atoms with Crippen LogP contribution in [0.3, 0.4) is 0 Å². The van der Waals surface area contributed by atoms with Gasteiger partial charge >= 0.3 is 0 Å². The normalized spacial score (nSPS) is 8.73. The summed E-state index contributed by atoms with van der Waals surface area (Å²) >= 11 is 0. The Hall–Kier alpha value is -1.23. The van der Waals surface area contributed by atoms with Crippen LogP contribution in [0.4, 0.5) is 0 Å². The van der Waals surface area contributed by atoms with Gasteiger partial charge in [-0.25, -0.2) is 0 Å². The Morgan fingerprint density at radius 3 is 3.00 bits per heavy atom. The second-order valence-corrected chi connectivity index (χ2v) is 2.37. The van der Waals surface area contributed by atoms with E-state index < -0.39 is 0 Å². The molecule has 0 aliphatic heterocycles. The molecule has 1 radical (unpaired) electrons. The van der Waals surface area contributed by atoms with Gasteiger partial charge in [-0.15, -0.1) is 0 Å². The second-order valence-electron chi connectivity index (χ2n) is 2.37. The van der Waals surface area contributed by atoms with E-state index >= 15 is 0 Å². The fourth-order valence-electron chi connectivity index (χ4n) is 0.974. The monoisotopic (exact) mass is 142 g/mol. The van der Waals surface area contributed by atoms with E-state index in [1.165, 1.54) is 5.46 Å². The number of benzene rings is 1. The van der Waals surface area contributed by atoms with E-state index in [-0.39, 0.29) is 0 Å². The average molecular weight is 142 g/mol. The van der Waals surface area contributed by atoms with Gasteiger partial charge in [0.2, 0.25) is 0 Å². The lowest BCUT2D eigenvalue weighted by Gasteiger charge is -1.97. The van der Waals surface area contributed by atoms with E-state index in [1.54, 1.807) is 0 Å². The van der Waals surface area contributed by atoms with Gasteiger partial charge in [-0.3, -0.25) is 0 Å². The first-order chi connectivity index (χ1) is 5.36. The molecule has 0 aromatic heterocycles. The summed E-state index contributed by atoms with van der Waals surface area (Å²) in [5.41, 5.74) is 2.26. The van der Waals surface area contributed by atoms with Crippen molar-refractivity contribution >= 4 is 12.7 Å². The molecule has 1 aromatic carbocycles. The zero-order chi connectivity index (χ0) is 8.10. The van der Waals surface area contributed by atoms with Gasteiger partial charge in [0.25, 0.3) is 0 Å². The van der Waals surface area contributed by atoms with Crippen molar-refractivity contribution < 1.29 is 0 Å². The van der Waals surface area contributed by atoms with Crippen LogP contribution in [0.2, 0.25) is 6.82 Å². The third kappa shape index (κ3) is 2.12. The van der Waals surface area contributed by atoms with Gasteiger partial charge in [0.1, 0.15) is 7.28 Å². The van der Waals surface area contributed by atoms with Gasteiger partial charge in [-0.1, -0.05) is 36.6 Å². The smallest absolute Gasteiger partial charge is 0.148 e. The molecule has 0 saturated heterocycles. The van der Waals surface area contributed by atoms with E-state index in [0.29, 0.717) is 6.42 Å². The Bertz CT molecular complexity index is 275. The molecule has 2 heteroatoms. The Morgan fingerprint density at radius 2 is 2.36 bits per heavy atom. The fourth-order valence-corrected chi connectivity index (χ4v) is 0.974. The lowest BCUT2D eigenvalue weighted by molar-refractivity contribution is 1.27. The summed E-state index contributed by atoms with van der Waals surface area (Å²) in [5, 5.41) is 8.42. The SMILES string of the molecule is C[B]c1cccc(CC#N)c1. The van der Waals surface area contributed by atoms with Crippen molar-refractivity contribution in [3.63, 3.8) is 0 Å². The second kappa shape index (κ2) is 3.83. The third-order valence-corrected chi connectivity index (χ3v) is 1.57. The van der Waals surface area contributed by atoms with Crippen LogP contribution in [0, 0.1) is 11.3 Å². The van der Waals surface area contributed by atoms with Crippen molar-refractivity contribution in [1.82, 2.24) is 0 Å². The van der Waals surface area contributed by atoms with Crippen molar-refractivity contribution in [3.8, 4) is 6.07 Å². The van der Waals surface area contributed by atoms with E-state index in [0.717, 1.165) is 5.56 Å². The molecule has 0 unspecified atom stereocenters. The molecule has 1 nitrogen and oxygen atoms in total. The van der Waals surface area contributed by atoms with Crippen LogP contribution in [0.15, 0.2) is 24.3 Å². The van der Waals surface area contributed by atoms with Gasteiger partial charge in [-0.2, -0.15) is 5.26 Å². The van der Waals surface area contributed by atoms with Gasteiger partial charge in [-0.05, 0) is 5.56 Å². The van der Waals surface area contributed by atoms with E-state index in [9.17, 15) is 0 Å². The molecule has 0 atom stereocenters. The van der Waals surface area contributed by atoms with Crippen molar-refractivity contribution in [1.29, 1.82) is 5.26 Å². The predicted molar refractivity (Wildman–Crippen MR) is 47.0 cm³/mol. The minimum atomic E-state index is 0.502. The van der Waals surface area contributed by atoms with Gasteiger partial charge in [0, 0.05) is 0 Å². The van der Waals surface area contributed by atoms with Crippen molar-refractivity contribution in [2.75, 3.05) is 0 Å². The number of nitrogens with zero attached hydrogens (tertiary/aromatic N) is 1. The molecule has 0 bridgehead atoms. The minimum absolute atomic E-state index is 0.502. The maximum absolute atomic E-state index is 8.42. The van der Waals surface area contributed by atoms with Crippen molar-refractivity contribution in [2.24, 2.45) is 0 Å². The lowest BCUT2D eigenvalue weighted by Crippen LogP contribution is -2.10. The molecule has 0 fully saturated rings. The maximum atomic E-state index is 8.42. The van der Waals surface area contributed by atoms with Gasteiger partial charge < -0.3 is 0 Å². The number of hydrogen-bond acceptors (Lipinski definition) is 1. The third-order valence-electron chi connectivity index (χ3n) is 1.57. The van der Waals surface area contributed by atoms with Crippen LogP contribution in [0.5, 0.6) is 0 Å². The molecule has 1 rings (SSSR count). The molecule has 0 aliphatic carbocycles. The first-order valence-corrected chi connectivity index (χ1v) is 3.62. The van der Waals surface area contributed by atoms with Gasteiger partial charge in [0.05, 0.1) is 12.5 Å². The summed E-state index contributed by atoms with van der Waals surface area (Å²) in [6.45, 7) is 1.99. The van der Waals surface area contributed by atoms with Crippen LogP contribution in [0.25, 0.3) is 0 Å². The number of nitriles is 1. The first kappa shape index (κ1) is 7.88. The zero-order valence-corrected chi connectivity index (χ0v) is 6.54. The molecule has 0 amide bonds. The van der Waals surface area contributed by atoms with Crippen LogP contribution in [-0.2, 0) is 6.42 Å². The minimum Gasteiger partial charge on any atom is -0.198 e. The van der Waals surface area contributed by atoms with Crippen molar-refractivity contribution in [3.05, 3.63) is 29.8 Å². The molecule has 53 valence electrons. The van der Waals surface area contributed by atoms with Gasteiger partial charge in [0.15, 0.2) is 0 Å². The molecule has 0 N–H and O–H groups in total. The quantitative estimate of drug-likeness (QED) is 0.567. The molecular formula is C9H9BN. The van der Waals surface area contributed by atoms with Crippen LogP contribution in [0.1, 0.15) is 5.56 Å². The van der Waals surface area contributed by atoms with Crippen LogP contribution >= 0.6 is 0 Å². The molecule has 11 heavy (non-hydrogen) atoms. The highest BCUT2D eigenvalue weighted by Gasteiger charge is 1.92. The highest BCUT2D eigenvalue weighted by molar-refractivity contribution is 6.51. The summed E-state index contributed by atoms with van der Waals surface area (Å²) in [6.07, 6.45) is 0.502. The Kier molecular flexibility index (Phi) is 2.74. The van der Waals surface area contributed by atoms with Crippen molar-refractivity contribution in [2.45, 2.75) is 13.2 Å².